The van der Waals surface area contributed by atoms with Gasteiger partial charge in [-0.25, -0.2) is 0 Å². The molecule has 5 rings (SSSR count). The number of rotatable bonds is 2. The van der Waals surface area contributed by atoms with E-state index in [9.17, 15) is 0 Å². The van der Waals surface area contributed by atoms with Crippen LogP contribution < -0.4 is 0 Å². The maximum Gasteiger partial charge on any atom is 0.00597 e. The first-order valence-corrected chi connectivity index (χ1v) is 15.1. The molecule has 0 bridgehead atoms. The SMILES string of the molecule is C[C@@H](CBr)[C@H]1CC[C@]2(C)[C@H]3CC[C@@H]4[C@@]5(C)CCCC(C)(C)[C@@H]5CC[C@@]4(C)[C@]3(C)CC[C@@H]12. The highest BCUT2D eigenvalue weighted by Gasteiger charge is 2.70. The molecular weight excluding hydrogens is 440 g/mol. The number of hydrogen-bond acceptors (Lipinski definition) is 0. The van der Waals surface area contributed by atoms with Gasteiger partial charge in [0, 0.05) is 5.33 Å². The lowest BCUT2D eigenvalue weighted by atomic mass is 9.32. The fourth-order valence-electron chi connectivity index (χ4n) is 12.1. The Morgan fingerprint density at radius 1 is 0.677 bits per heavy atom. The Hall–Kier alpha value is 0.480. The first-order chi connectivity index (χ1) is 14.4. The summed E-state index contributed by atoms with van der Waals surface area (Å²) in [5.74, 6) is 5.67. The van der Waals surface area contributed by atoms with Crippen molar-refractivity contribution in [3.63, 3.8) is 0 Å². The van der Waals surface area contributed by atoms with Crippen LogP contribution in [0, 0.1) is 62.6 Å². The van der Waals surface area contributed by atoms with Crippen molar-refractivity contribution in [3.05, 3.63) is 0 Å². The summed E-state index contributed by atoms with van der Waals surface area (Å²) in [5, 5.41) is 1.20. The zero-order chi connectivity index (χ0) is 22.4. The lowest BCUT2D eigenvalue weighted by Crippen LogP contribution is -2.65. The Kier molecular flexibility index (Phi) is 5.43. The summed E-state index contributed by atoms with van der Waals surface area (Å²) in [6, 6.07) is 0. The van der Waals surface area contributed by atoms with Crippen LogP contribution in [0.3, 0.4) is 0 Å². The minimum Gasteiger partial charge on any atom is -0.0925 e. The summed E-state index contributed by atoms with van der Waals surface area (Å²) < 4.78 is 0. The van der Waals surface area contributed by atoms with Crippen LogP contribution in [0.15, 0.2) is 0 Å². The van der Waals surface area contributed by atoms with Crippen molar-refractivity contribution in [3.8, 4) is 0 Å². The first kappa shape index (κ1) is 23.2. The van der Waals surface area contributed by atoms with Crippen LogP contribution in [0.4, 0.5) is 0 Å². The molecule has 0 aromatic heterocycles. The molecule has 0 spiro atoms. The normalized spacial score (nSPS) is 56.7. The molecule has 0 N–H and O–H groups in total. The van der Waals surface area contributed by atoms with Crippen molar-refractivity contribution in [1.82, 2.24) is 0 Å². The van der Waals surface area contributed by atoms with Gasteiger partial charge >= 0.3 is 0 Å². The summed E-state index contributed by atoms with van der Waals surface area (Å²) in [7, 11) is 0. The lowest BCUT2D eigenvalue weighted by Gasteiger charge is -2.73. The van der Waals surface area contributed by atoms with Gasteiger partial charge in [-0.15, -0.1) is 0 Å². The molecule has 10 atom stereocenters. The van der Waals surface area contributed by atoms with Gasteiger partial charge in [0.2, 0.25) is 0 Å². The third-order valence-corrected chi connectivity index (χ3v) is 14.8. The van der Waals surface area contributed by atoms with E-state index in [4.69, 9.17) is 0 Å². The molecule has 5 saturated carbocycles. The number of halogens is 1. The second-order valence-electron chi connectivity index (χ2n) is 14.9. The van der Waals surface area contributed by atoms with Crippen molar-refractivity contribution in [2.45, 2.75) is 119 Å². The molecule has 0 amide bonds. The molecule has 5 fully saturated rings. The van der Waals surface area contributed by atoms with Crippen LogP contribution in [0.2, 0.25) is 0 Å². The fraction of sp³-hybridized carbons (Fsp3) is 1.00. The highest BCUT2D eigenvalue weighted by atomic mass is 79.9. The van der Waals surface area contributed by atoms with Gasteiger partial charge in [0.15, 0.2) is 0 Å². The minimum absolute atomic E-state index is 0.556. The molecule has 0 nitrogen and oxygen atoms in total. The molecule has 178 valence electrons. The van der Waals surface area contributed by atoms with Crippen LogP contribution >= 0.6 is 15.9 Å². The molecule has 0 heterocycles. The molecule has 0 saturated heterocycles. The molecule has 0 aliphatic heterocycles. The summed E-state index contributed by atoms with van der Waals surface area (Å²) >= 11 is 3.84. The molecular formula is C30H51Br. The third-order valence-electron chi connectivity index (χ3n) is 13.7. The number of fused-ring (bicyclic) bond motifs is 7. The molecule has 31 heavy (non-hydrogen) atoms. The minimum atomic E-state index is 0.556. The quantitative estimate of drug-likeness (QED) is 0.337. The maximum absolute atomic E-state index is 3.84. The maximum atomic E-state index is 3.84. The fourth-order valence-corrected chi connectivity index (χ4v) is 12.6. The van der Waals surface area contributed by atoms with Crippen molar-refractivity contribution in [2.75, 3.05) is 5.33 Å². The van der Waals surface area contributed by atoms with E-state index >= 15 is 0 Å². The van der Waals surface area contributed by atoms with Crippen molar-refractivity contribution in [2.24, 2.45) is 62.6 Å². The Bertz CT molecular complexity index is 711. The highest BCUT2D eigenvalue weighted by Crippen LogP contribution is 2.78. The Morgan fingerprint density at radius 3 is 1.94 bits per heavy atom. The second-order valence-corrected chi connectivity index (χ2v) is 15.6. The van der Waals surface area contributed by atoms with Crippen LogP contribution in [0.25, 0.3) is 0 Å². The van der Waals surface area contributed by atoms with Gasteiger partial charge in [0.25, 0.3) is 0 Å². The van der Waals surface area contributed by atoms with Gasteiger partial charge in [0.05, 0.1) is 0 Å². The van der Waals surface area contributed by atoms with Crippen molar-refractivity contribution >= 4 is 15.9 Å². The predicted molar refractivity (Wildman–Crippen MR) is 137 cm³/mol. The first-order valence-electron chi connectivity index (χ1n) is 14.0. The molecule has 5 aliphatic rings. The molecule has 0 aromatic carbocycles. The van der Waals surface area contributed by atoms with E-state index in [1.165, 1.54) is 76.0 Å². The van der Waals surface area contributed by atoms with Gasteiger partial charge < -0.3 is 0 Å². The van der Waals surface area contributed by atoms with Crippen molar-refractivity contribution in [1.29, 1.82) is 0 Å². The highest BCUT2D eigenvalue weighted by molar-refractivity contribution is 9.09. The van der Waals surface area contributed by atoms with Gasteiger partial charge in [-0.05, 0) is 127 Å². The zero-order valence-corrected chi connectivity index (χ0v) is 23.4. The summed E-state index contributed by atoms with van der Waals surface area (Å²) in [6.07, 6.45) is 16.5. The molecule has 0 radical (unpaired) electrons. The van der Waals surface area contributed by atoms with E-state index in [2.05, 4.69) is 64.4 Å². The molecule has 0 aromatic rings. The van der Waals surface area contributed by atoms with E-state index in [-0.39, 0.29) is 0 Å². The monoisotopic (exact) mass is 490 g/mol. The van der Waals surface area contributed by atoms with Gasteiger partial charge in [-0.1, -0.05) is 70.8 Å². The van der Waals surface area contributed by atoms with E-state index in [1.807, 2.05) is 0 Å². The zero-order valence-electron chi connectivity index (χ0n) is 21.8. The van der Waals surface area contributed by atoms with Crippen molar-refractivity contribution < 1.29 is 0 Å². The molecule has 5 aliphatic carbocycles. The topological polar surface area (TPSA) is 0 Å². The molecule has 0 unspecified atom stereocenters. The summed E-state index contributed by atoms with van der Waals surface area (Å²) in [5.41, 5.74) is 2.86. The van der Waals surface area contributed by atoms with E-state index in [0.29, 0.717) is 27.1 Å². The van der Waals surface area contributed by atoms with E-state index in [1.54, 1.807) is 0 Å². The van der Waals surface area contributed by atoms with Gasteiger partial charge in [-0.3, -0.25) is 0 Å². The van der Waals surface area contributed by atoms with Gasteiger partial charge in [-0.2, -0.15) is 0 Å². The second kappa shape index (κ2) is 7.24. The third kappa shape index (κ3) is 2.89. The Labute approximate surface area is 202 Å². The lowest BCUT2D eigenvalue weighted by molar-refractivity contribution is -0.241. The van der Waals surface area contributed by atoms with Gasteiger partial charge in [0.1, 0.15) is 0 Å². The van der Waals surface area contributed by atoms with Crippen LogP contribution in [-0.2, 0) is 0 Å². The Morgan fingerprint density at radius 2 is 1.29 bits per heavy atom. The predicted octanol–water partition coefficient (Wildman–Crippen LogP) is 9.51. The summed E-state index contributed by atoms with van der Waals surface area (Å²) in [6.45, 7) is 18.9. The van der Waals surface area contributed by atoms with Crippen LogP contribution in [0.1, 0.15) is 119 Å². The number of alkyl halides is 1. The average molecular weight is 492 g/mol. The van der Waals surface area contributed by atoms with E-state index in [0.717, 1.165) is 35.5 Å². The largest absolute Gasteiger partial charge is 0.0925 e. The van der Waals surface area contributed by atoms with Crippen LogP contribution in [0.5, 0.6) is 0 Å². The standard InChI is InChI=1S/C30H51Br/c1-20(19-31)21-11-16-27(4)22(21)12-17-29(6)24(27)9-10-25-28(5)15-8-14-26(2,3)23(28)13-18-30(25,29)7/h20-25H,8-19H2,1-7H3/t20-,21+,22-,23-,24+,25+,27-,28-,29+,30+/m0/s1. The average Bonchev–Trinajstić information content (AvgIpc) is 3.04. The van der Waals surface area contributed by atoms with E-state index < -0.39 is 0 Å². The smallest absolute Gasteiger partial charge is 0.00597 e. The Balaban J connectivity index is 1.50. The molecule has 1 heteroatoms. The summed E-state index contributed by atoms with van der Waals surface area (Å²) in [4.78, 5) is 0. The van der Waals surface area contributed by atoms with Crippen LogP contribution in [-0.4, -0.2) is 5.33 Å². The number of hydrogen-bond donors (Lipinski definition) is 0.